The maximum atomic E-state index is 11.4. The quantitative estimate of drug-likeness (QED) is 0.921. The van der Waals surface area contributed by atoms with Crippen LogP contribution >= 0.6 is 11.3 Å². The molecule has 0 spiro atoms. The van der Waals surface area contributed by atoms with Crippen LogP contribution in [0.2, 0.25) is 0 Å². The largest absolute Gasteiger partial charge is 0.450 e. The molecule has 1 amide bonds. The Balaban J connectivity index is 1.78. The molecule has 0 aliphatic heterocycles. The number of carbonyl (C=O) groups is 1. The number of nitrogens with zero attached hydrogens (tertiary/aromatic N) is 1. The standard InChI is InChI=1S/C16H18N2O2S/c1-2-20-16(19)18-15-17-14(10-21-15)13-8-7-11-5-3-4-6-12(11)9-13/h7-10H,2-6H2,1H3,(H,17,18,19). The molecule has 0 bridgehead atoms. The van der Waals surface area contributed by atoms with Crippen LogP contribution in [-0.2, 0) is 17.6 Å². The summed E-state index contributed by atoms with van der Waals surface area (Å²) >= 11 is 1.41. The van der Waals surface area contributed by atoms with Crippen LogP contribution in [0.5, 0.6) is 0 Å². The smallest absolute Gasteiger partial charge is 0.413 e. The van der Waals surface area contributed by atoms with Gasteiger partial charge in [-0.15, -0.1) is 11.3 Å². The molecule has 0 atom stereocenters. The monoisotopic (exact) mass is 302 g/mol. The summed E-state index contributed by atoms with van der Waals surface area (Å²) in [7, 11) is 0. The zero-order valence-electron chi connectivity index (χ0n) is 12.0. The third-order valence-electron chi connectivity index (χ3n) is 3.63. The predicted octanol–water partition coefficient (Wildman–Crippen LogP) is 4.26. The van der Waals surface area contributed by atoms with Gasteiger partial charge < -0.3 is 4.74 Å². The van der Waals surface area contributed by atoms with E-state index >= 15 is 0 Å². The Morgan fingerprint density at radius 3 is 2.95 bits per heavy atom. The Labute approximate surface area is 128 Å². The SMILES string of the molecule is CCOC(=O)Nc1nc(-c2ccc3c(c2)CCCC3)cs1. The van der Waals surface area contributed by atoms with Crippen molar-refractivity contribution in [2.75, 3.05) is 11.9 Å². The molecule has 2 aromatic rings. The summed E-state index contributed by atoms with van der Waals surface area (Å²) in [5, 5.41) is 5.18. The lowest BCUT2D eigenvalue weighted by atomic mass is 9.90. The summed E-state index contributed by atoms with van der Waals surface area (Å²) in [6.45, 7) is 2.13. The number of ether oxygens (including phenoxy) is 1. The van der Waals surface area contributed by atoms with Gasteiger partial charge in [-0.2, -0.15) is 0 Å². The molecule has 1 N–H and O–H groups in total. The van der Waals surface area contributed by atoms with Crippen LogP contribution in [-0.4, -0.2) is 17.7 Å². The van der Waals surface area contributed by atoms with Crippen LogP contribution in [0, 0.1) is 0 Å². The van der Waals surface area contributed by atoms with Gasteiger partial charge in [0.1, 0.15) is 0 Å². The van der Waals surface area contributed by atoms with Gasteiger partial charge in [0.2, 0.25) is 0 Å². The van der Waals surface area contributed by atoms with Crippen LogP contribution in [0.15, 0.2) is 23.6 Å². The van der Waals surface area contributed by atoms with E-state index in [9.17, 15) is 4.79 Å². The summed E-state index contributed by atoms with van der Waals surface area (Å²) in [4.78, 5) is 15.8. The number of rotatable bonds is 3. The number of hydrogen-bond acceptors (Lipinski definition) is 4. The van der Waals surface area contributed by atoms with Crippen LogP contribution in [0.25, 0.3) is 11.3 Å². The third-order valence-corrected chi connectivity index (χ3v) is 4.39. The van der Waals surface area contributed by atoms with Gasteiger partial charge in [-0.05, 0) is 49.8 Å². The van der Waals surface area contributed by atoms with Crippen molar-refractivity contribution in [1.29, 1.82) is 0 Å². The zero-order valence-corrected chi connectivity index (χ0v) is 12.8. The molecule has 0 saturated carbocycles. The first-order chi connectivity index (χ1) is 10.3. The van der Waals surface area contributed by atoms with Crippen LogP contribution in [0.4, 0.5) is 9.93 Å². The molecule has 0 radical (unpaired) electrons. The molecule has 1 aliphatic rings. The molecule has 0 fully saturated rings. The van der Waals surface area contributed by atoms with Crippen molar-refractivity contribution >= 4 is 22.6 Å². The van der Waals surface area contributed by atoms with E-state index in [1.54, 1.807) is 6.92 Å². The predicted molar refractivity (Wildman–Crippen MR) is 84.8 cm³/mol. The number of carbonyl (C=O) groups excluding carboxylic acids is 1. The molecule has 0 unspecified atom stereocenters. The van der Waals surface area contributed by atoms with Crippen molar-refractivity contribution in [3.05, 3.63) is 34.7 Å². The third kappa shape index (κ3) is 3.24. The Hall–Kier alpha value is -1.88. The molecular formula is C16H18N2O2S. The van der Waals surface area contributed by atoms with Crippen LogP contribution in [0.3, 0.4) is 0 Å². The number of thiazole rings is 1. The van der Waals surface area contributed by atoms with E-state index in [0.717, 1.165) is 17.7 Å². The minimum atomic E-state index is -0.455. The first kappa shape index (κ1) is 14.1. The Morgan fingerprint density at radius 2 is 2.14 bits per heavy atom. The van der Waals surface area contributed by atoms with E-state index in [-0.39, 0.29) is 0 Å². The van der Waals surface area contributed by atoms with Crippen LogP contribution < -0.4 is 5.32 Å². The topological polar surface area (TPSA) is 51.2 Å². The first-order valence-electron chi connectivity index (χ1n) is 7.27. The van der Waals surface area contributed by atoms with Gasteiger partial charge in [0.05, 0.1) is 12.3 Å². The summed E-state index contributed by atoms with van der Waals surface area (Å²) in [5.41, 5.74) is 4.92. The van der Waals surface area contributed by atoms with E-state index in [1.807, 2.05) is 5.38 Å². The van der Waals surface area contributed by atoms with E-state index < -0.39 is 6.09 Å². The number of anilines is 1. The van der Waals surface area contributed by atoms with Crippen molar-refractivity contribution in [1.82, 2.24) is 4.98 Å². The number of aromatic nitrogens is 1. The highest BCUT2D eigenvalue weighted by atomic mass is 32.1. The van der Waals surface area contributed by atoms with Gasteiger partial charge >= 0.3 is 6.09 Å². The fourth-order valence-corrected chi connectivity index (χ4v) is 3.32. The molecule has 3 rings (SSSR count). The summed E-state index contributed by atoms with van der Waals surface area (Å²) < 4.78 is 4.85. The molecule has 5 heteroatoms. The maximum Gasteiger partial charge on any atom is 0.413 e. The normalized spacial score (nSPS) is 13.6. The van der Waals surface area contributed by atoms with E-state index in [4.69, 9.17) is 4.74 Å². The molecule has 1 aromatic carbocycles. The minimum absolute atomic E-state index is 0.356. The average molecular weight is 302 g/mol. The number of nitrogens with one attached hydrogen (secondary N) is 1. The molecular weight excluding hydrogens is 284 g/mol. The number of aryl methyl sites for hydroxylation is 2. The van der Waals surface area contributed by atoms with Gasteiger partial charge in [0.25, 0.3) is 0 Å². The summed E-state index contributed by atoms with van der Waals surface area (Å²) in [5.74, 6) is 0. The molecule has 1 heterocycles. The summed E-state index contributed by atoms with van der Waals surface area (Å²) in [6.07, 6.45) is 4.44. The Kier molecular flexibility index (Phi) is 4.20. The second-order valence-electron chi connectivity index (χ2n) is 5.07. The van der Waals surface area contributed by atoms with Gasteiger partial charge in [0, 0.05) is 10.9 Å². The van der Waals surface area contributed by atoms with Crippen molar-refractivity contribution in [2.24, 2.45) is 0 Å². The van der Waals surface area contributed by atoms with Crippen LogP contribution in [0.1, 0.15) is 30.9 Å². The number of amides is 1. The van der Waals surface area contributed by atoms with Crippen molar-refractivity contribution < 1.29 is 9.53 Å². The van der Waals surface area contributed by atoms with E-state index in [0.29, 0.717) is 11.7 Å². The van der Waals surface area contributed by atoms with Gasteiger partial charge in [-0.25, -0.2) is 9.78 Å². The second kappa shape index (κ2) is 6.26. The van der Waals surface area contributed by atoms with Gasteiger partial charge in [0.15, 0.2) is 5.13 Å². The highest BCUT2D eigenvalue weighted by molar-refractivity contribution is 7.14. The first-order valence-corrected chi connectivity index (χ1v) is 8.15. The molecule has 1 aromatic heterocycles. The van der Waals surface area contributed by atoms with Crippen molar-refractivity contribution in [3.8, 4) is 11.3 Å². The van der Waals surface area contributed by atoms with Crippen molar-refractivity contribution in [2.45, 2.75) is 32.6 Å². The lowest BCUT2D eigenvalue weighted by Crippen LogP contribution is -2.12. The lowest BCUT2D eigenvalue weighted by Gasteiger charge is -2.16. The van der Waals surface area contributed by atoms with Gasteiger partial charge in [-0.3, -0.25) is 5.32 Å². The molecule has 0 saturated heterocycles. The molecule has 4 nitrogen and oxygen atoms in total. The number of hydrogen-bond donors (Lipinski definition) is 1. The fraction of sp³-hybridized carbons (Fsp3) is 0.375. The van der Waals surface area contributed by atoms with E-state index in [1.165, 1.54) is 41.7 Å². The Morgan fingerprint density at radius 1 is 1.33 bits per heavy atom. The molecule has 110 valence electrons. The van der Waals surface area contributed by atoms with E-state index in [2.05, 4.69) is 28.5 Å². The lowest BCUT2D eigenvalue weighted by molar-refractivity contribution is 0.168. The average Bonchev–Trinajstić information content (AvgIpc) is 2.95. The Bertz CT molecular complexity index is 651. The minimum Gasteiger partial charge on any atom is -0.450 e. The number of fused-ring (bicyclic) bond motifs is 1. The number of benzene rings is 1. The molecule has 1 aliphatic carbocycles. The fourth-order valence-electron chi connectivity index (χ4n) is 2.61. The molecule has 21 heavy (non-hydrogen) atoms. The zero-order chi connectivity index (χ0) is 14.7. The highest BCUT2D eigenvalue weighted by Crippen LogP contribution is 2.29. The summed E-state index contributed by atoms with van der Waals surface area (Å²) in [6, 6.07) is 6.56. The van der Waals surface area contributed by atoms with Crippen molar-refractivity contribution in [3.63, 3.8) is 0 Å². The maximum absolute atomic E-state index is 11.4. The highest BCUT2D eigenvalue weighted by Gasteiger charge is 2.12. The second-order valence-corrected chi connectivity index (χ2v) is 5.93. The van der Waals surface area contributed by atoms with Gasteiger partial charge in [-0.1, -0.05) is 12.1 Å².